The maximum absolute atomic E-state index is 12.5. The molecule has 0 unspecified atom stereocenters. The van der Waals surface area contributed by atoms with E-state index in [0.29, 0.717) is 0 Å². The maximum atomic E-state index is 12.5. The van der Waals surface area contributed by atoms with E-state index in [2.05, 4.69) is 4.98 Å². The molecule has 3 nitrogen and oxygen atoms in total. The topological polar surface area (TPSA) is 34.9 Å². The first-order valence-electron chi connectivity index (χ1n) is 2.81. The van der Waals surface area contributed by atoms with E-state index in [1.54, 1.807) is 0 Å². The number of hydrogen-bond acceptors (Lipinski definition) is 2. The van der Waals surface area contributed by atoms with Crippen molar-refractivity contribution in [2.24, 2.45) is 7.05 Å². The molecule has 0 aromatic carbocycles. The highest BCUT2D eigenvalue weighted by Crippen LogP contribution is 1.95. The first kappa shape index (κ1) is 6.92. The van der Waals surface area contributed by atoms with Crippen LogP contribution in [0.3, 0.4) is 0 Å². The molecule has 0 saturated heterocycles. The Kier molecular flexibility index (Phi) is 1.53. The van der Waals surface area contributed by atoms with Gasteiger partial charge in [0.2, 0.25) is 0 Å². The Bertz CT molecular complexity index is 305. The molecule has 0 spiro atoms. The first-order chi connectivity index (χ1) is 4.61. The molecule has 1 aromatic rings. The molecule has 0 aliphatic heterocycles. The second-order valence-electron chi connectivity index (χ2n) is 2.07. The third kappa shape index (κ3) is 1.05. The highest BCUT2D eigenvalue weighted by molar-refractivity contribution is 4.99. The standard InChI is InChI=1S/C6H7FN2O/c1-4-5(7)3-9(2)6(10)8-4/h3H,1-2H3. The van der Waals surface area contributed by atoms with Crippen molar-refractivity contribution in [2.75, 3.05) is 0 Å². The van der Waals surface area contributed by atoms with E-state index < -0.39 is 11.5 Å². The fourth-order valence-corrected chi connectivity index (χ4v) is 0.594. The number of rotatable bonds is 0. The quantitative estimate of drug-likeness (QED) is 0.519. The molecule has 1 aromatic heterocycles. The molecular weight excluding hydrogens is 135 g/mol. The predicted molar refractivity (Wildman–Crippen MR) is 34.2 cm³/mol. The summed E-state index contributed by atoms with van der Waals surface area (Å²) in [4.78, 5) is 14.1. The van der Waals surface area contributed by atoms with E-state index in [1.165, 1.54) is 14.0 Å². The molecular formula is C6H7FN2O. The summed E-state index contributed by atoms with van der Waals surface area (Å²) in [5.74, 6) is -0.456. The molecule has 54 valence electrons. The maximum Gasteiger partial charge on any atom is 0.347 e. The summed E-state index contributed by atoms with van der Waals surface area (Å²) >= 11 is 0. The van der Waals surface area contributed by atoms with Crippen molar-refractivity contribution < 1.29 is 4.39 Å². The lowest BCUT2D eigenvalue weighted by Gasteiger charge is -1.96. The number of aromatic nitrogens is 2. The van der Waals surface area contributed by atoms with Gasteiger partial charge in [-0.05, 0) is 6.92 Å². The third-order valence-electron chi connectivity index (χ3n) is 1.22. The molecule has 4 heteroatoms. The molecule has 0 bridgehead atoms. The van der Waals surface area contributed by atoms with Gasteiger partial charge < -0.3 is 0 Å². The fourth-order valence-electron chi connectivity index (χ4n) is 0.594. The van der Waals surface area contributed by atoms with Gasteiger partial charge in [-0.25, -0.2) is 9.18 Å². The van der Waals surface area contributed by atoms with Gasteiger partial charge >= 0.3 is 5.69 Å². The van der Waals surface area contributed by atoms with Gasteiger partial charge in [-0.15, -0.1) is 0 Å². The molecule has 10 heavy (non-hydrogen) atoms. The Hall–Kier alpha value is -1.19. The third-order valence-corrected chi connectivity index (χ3v) is 1.22. The summed E-state index contributed by atoms with van der Waals surface area (Å²) in [5.41, 5.74) is -0.290. The summed E-state index contributed by atoms with van der Waals surface area (Å²) in [6.45, 7) is 1.46. The normalized spacial score (nSPS) is 9.90. The van der Waals surface area contributed by atoms with Crippen LogP contribution in [-0.4, -0.2) is 9.55 Å². The molecule has 0 aliphatic rings. The SMILES string of the molecule is Cc1nc(=O)n(C)cc1F. The lowest BCUT2D eigenvalue weighted by atomic mass is 10.4. The van der Waals surface area contributed by atoms with Crippen LogP contribution in [0.2, 0.25) is 0 Å². The van der Waals surface area contributed by atoms with Gasteiger partial charge in [0.05, 0.1) is 5.69 Å². The van der Waals surface area contributed by atoms with E-state index in [9.17, 15) is 9.18 Å². The Morgan fingerprint density at radius 1 is 1.70 bits per heavy atom. The molecule has 0 aliphatic carbocycles. The van der Waals surface area contributed by atoms with Gasteiger partial charge in [0.25, 0.3) is 0 Å². The highest BCUT2D eigenvalue weighted by Gasteiger charge is 1.99. The van der Waals surface area contributed by atoms with Gasteiger partial charge in [-0.1, -0.05) is 0 Å². The van der Waals surface area contributed by atoms with Crippen LogP contribution in [0.15, 0.2) is 11.0 Å². The van der Waals surface area contributed by atoms with Crippen LogP contribution in [0, 0.1) is 12.7 Å². The van der Waals surface area contributed by atoms with Gasteiger partial charge in [0.15, 0.2) is 5.82 Å². The van der Waals surface area contributed by atoms with Crippen LogP contribution in [0.5, 0.6) is 0 Å². The fraction of sp³-hybridized carbons (Fsp3) is 0.333. The summed E-state index contributed by atoms with van der Waals surface area (Å²) in [6, 6.07) is 0. The molecule has 0 radical (unpaired) electrons. The second kappa shape index (κ2) is 2.21. The van der Waals surface area contributed by atoms with Crippen molar-refractivity contribution in [3.63, 3.8) is 0 Å². The van der Waals surface area contributed by atoms with E-state index >= 15 is 0 Å². The van der Waals surface area contributed by atoms with Crippen LogP contribution < -0.4 is 5.69 Å². The number of hydrogen-bond donors (Lipinski definition) is 0. The van der Waals surface area contributed by atoms with Crippen LogP contribution in [0.4, 0.5) is 4.39 Å². The van der Waals surface area contributed by atoms with Crippen LogP contribution >= 0.6 is 0 Å². The number of aryl methyl sites for hydroxylation is 2. The van der Waals surface area contributed by atoms with Crippen LogP contribution in [0.1, 0.15) is 5.69 Å². The summed E-state index contributed by atoms with van der Waals surface area (Å²) in [6.07, 6.45) is 1.12. The number of halogens is 1. The van der Waals surface area contributed by atoms with E-state index in [4.69, 9.17) is 0 Å². The zero-order valence-electron chi connectivity index (χ0n) is 5.76. The first-order valence-corrected chi connectivity index (χ1v) is 2.81. The largest absolute Gasteiger partial charge is 0.347 e. The molecule has 0 fully saturated rings. The molecule has 1 heterocycles. The van der Waals surface area contributed by atoms with E-state index in [1.807, 2.05) is 0 Å². The Labute approximate surface area is 57.1 Å². The Morgan fingerprint density at radius 3 is 2.80 bits per heavy atom. The van der Waals surface area contributed by atoms with Crippen molar-refractivity contribution in [2.45, 2.75) is 6.92 Å². The van der Waals surface area contributed by atoms with E-state index in [0.717, 1.165) is 10.8 Å². The van der Waals surface area contributed by atoms with E-state index in [-0.39, 0.29) is 5.69 Å². The van der Waals surface area contributed by atoms with Gasteiger partial charge in [0, 0.05) is 13.2 Å². The zero-order valence-corrected chi connectivity index (χ0v) is 5.76. The smallest absolute Gasteiger partial charge is 0.299 e. The highest BCUT2D eigenvalue weighted by atomic mass is 19.1. The molecule has 0 amide bonds. The van der Waals surface area contributed by atoms with Crippen molar-refractivity contribution in [3.05, 3.63) is 28.2 Å². The average Bonchev–Trinajstić information content (AvgIpc) is 1.84. The van der Waals surface area contributed by atoms with Crippen LogP contribution in [0.25, 0.3) is 0 Å². The minimum atomic E-state index is -0.456. The summed E-state index contributed by atoms with van der Waals surface area (Å²) in [5, 5.41) is 0. The molecule has 0 atom stereocenters. The zero-order chi connectivity index (χ0) is 7.72. The van der Waals surface area contributed by atoms with Crippen molar-refractivity contribution in [1.82, 2.24) is 9.55 Å². The predicted octanol–water partition coefficient (Wildman–Crippen LogP) is 0.228. The van der Waals surface area contributed by atoms with Crippen molar-refractivity contribution >= 4 is 0 Å². The Balaban J connectivity index is 3.43. The van der Waals surface area contributed by atoms with Crippen molar-refractivity contribution in [1.29, 1.82) is 0 Å². The molecule has 0 N–H and O–H groups in total. The molecule has 0 saturated carbocycles. The van der Waals surface area contributed by atoms with Crippen molar-refractivity contribution in [3.8, 4) is 0 Å². The van der Waals surface area contributed by atoms with Gasteiger partial charge in [0.1, 0.15) is 0 Å². The minimum absolute atomic E-state index is 0.142. The van der Waals surface area contributed by atoms with Gasteiger partial charge in [-0.2, -0.15) is 4.98 Å². The lowest BCUT2D eigenvalue weighted by Crippen LogP contribution is -2.21. The Morgan fingerprint density at radius 2 is 2.30 bits per heavy atom. The second-order valence-corrected chi connectivity index (χ2v) is 2.07. The lowest BCUT2D eigenvalue weighted by molar-refractivity contribution is 0.578. The average molecular weight is 142 g/mol. The minimum Gasteiger partial charge on any atom is -0.299 e. The van der Waals surface area contributed by atoms with Crippen LogP contribution in [-0.2, 0) is 7.05 Å². The monoisotopic (exact) mass is 142 g/mol. The molecule has 1 rings (SSSR count). The van der Waals surface area contributed by atoms with Gasteiger partial charge in [-0.3, -0.25) is 4.57 Å². The summed E-state index contributed by atoms with van der Waals surface area (Å²) in [7, 11) is 1.46. The summed E-state index contributed by atoms with van der Waals surface area (Å²) < 4.78 is 13.6. The number of nitrogens with zero attached hydrogens (tertiary/aromatic N) is 2.